The lowest BCUT2D eigenvalue weighted by atomic mass is 10.0. The van der Waals surface area contributed by atoms with E-state index in [1.54, 1.807) is 24.5 Å². The number of carbonyl (C=O) groups excluding carboxylic acids is 4. The molecule has 48 heavy (non-hydrogen) atoms. The Bertz CT molecular complexity index is 2000. The number of rotatable bonds is 8. The molecule has 10 heteroatoms. The Labute approximate surface area is 280 Å². The van der Waals surface area contributed by atoms with Crippen LogP contribution in [0.25, 0.3) is 17.2 Å². The fourth-order valence-electron chi connectivity index (χ4n) is 6.35. The van der Waals surface area contributed by atoms with E-state index in [2.05, 4.69) is 22.5 Å². The van der Waals surface area contributed by atoms with Gasteiger partial charge in [-0.3, -0.25) is 28.7 Å². The highest BCUT2D eigenvalue weighted by molar-refractivity contribution is 7.84. The van der Waals surface area contributed by atoms with Gasteiger partial charge in [-0.05, 0) is 107 Å². The van der Waals surface area contributed by atoms with Crippen LogP contribution in [0.15, 0.2) is 71.1 Å². The molecular weight excluding hydrogens is 629 g/mol. The fourth-order valence-corrected chi connectivity index (χ4v) is 6.87. The number of benzene rings is 3. The van der Waals surface area contributed by atoms with Crippen LogP contribution < -0.4 is 10.6 Å². The maximum absolute atomic E-state index is 14.3. The molecule has 2 aliphatic heterocycles. The molecule has 244 valence electrons. The second kappa shape index (κ2) is 13.9. The molecule has 0 bridgehead atoms. The van der Waals surface area contributed by atoms with Crippen LogP contribution in [0.1, 0.15) is 77.2 Å². The smallest absolute Gasteiger partial charge is 0.255 e. The molecule has 0 aromatic heterocycles. The van der Waals surface area contributed by atoms with Crippen molar-refractivity contribution in [2.75, 3.05) is 12.8 Å². The van der Waals surface area contributed by atoms with E-state index >= 15 is 0 Å². The van der Waals surface area contributed by atoms with Crippen molar-refractivity contribution in [2.45, 2.75) is 56.5 Å². The van der Waals surface area contributed by atoms with Crippen LogP contribution in [0.4, 0.5) is 4.39 Å². The Balaban J connectivity index is 1.03. The highest BCUT2D eigenvalue weighted by Gasteiger charge is 2.39. The molecule has 2 N–H and O–H groups in total. The minimum Gasteiger partial charge on any atom is -0.356 e. The van der Waals surface area contributed by atoms with Crippen LogP contribution in [-0.2, 0) is 31.7 Å². The van der Waals surface area contributed by atoms with Gasteiger partial charge in [0.2, 0.25) is 17.7 Å². The van der Waals surface area contributed by atoms with Gasteiger partial charge in [-0.2, -0.15) is 0 Å². The molecule has 1 saturated heterocycles. The summed E-state index contributed by atoms with van der Waals surface area (Å²) in [6.07, 6.45) is 5.46. The number of unbranched alkanes of at least 4 members (excludes halogenated alkanes) is 1. The van der Waals surface area contributed by atoms with Crippen molar-refractivity contribution in [3.05, 3.63) is 105 Å². The van der Waals surface area contributed by atoms with Gasteiger partial charge in [0.25, 0.3) is 5.91 Å². The lowest BCUT2D eigenvalue weighted by Gasteiger charge is -2.29. The summed E-state index contributed by atoms with van der Waals surface area (Å²) in [6.45, 7) is 2.67. The van der Waals surface area contributed by atoms with E-state index in [-0.39, 0.29) is 36.4 Å². The standard InChI is InChI=1S/C38H34FN3O5S/c1-23-31(19-25-7-11-28(12-8-25)48(2)47)30-14-10-27(39)20-33(30)32(23)21-36(44)40-17-5-3-4-6-24-9-13-29-26(18-24)22-42(38(29)46)34-15-16-35(43)41-37(34)45/h7-14,18-20,34H,3,5,15-17,21-22H2,1-2H3,(H,40,44)(H,41,43,45)/b31-19-. The predicted molar refractivity (Wildman–Crippen MR) is 182 cm³/mol. The Morgan fingerprint density at radius 1 is 1.06 bits per heavy atom. The maximum atomic E-state index is 14.3. The molecular formula is C38H34FN3O5S. The molecule has 8 nitrogen and oxygen atoms in total. The van der Waals surface area contributed by atoms with Gasteiger partial charge >= 0.3 is 0 Å². The number of hydrogen-bond donors (Lipinski definition) is 2. The molecule has 0 spiro atoms. The lowest BCUT2D eigenvalue weighted by molar-refractivity contribution is -0.137. The maximum Gasteiger partial charge on any atom is 0.255 e. The monoisotopic (exact) mass is 663 g/mol. The summed E-state index contributed by atoms with van der Waals surface area (Å²) in [7, 11) is -1.07. The molecule has 3 aromatic rings. The van der Waals surface area contributed by atoms with Crippen molar-refractivity contribution in [1.29, 1.82) is 0 Å². The first-order chi connectivity index (χ1) is 23.1. The first kappa shape index (κ1) is 32.8. The van der Waals surface area contributed by atoms with E-state index in [0.717, 1.165) is 43.9 Å². The SMILES string of the molecule is CC1=C(CC(=O)NCCCC#Cc2ccc3c(c2)CN(C2CCC(=O)NC2=O)C3=O)c2cc(F)ccc2/C1=C\c1ccc(S(C)=O)cc1. The Morgan fingerprint density at radius 2 is 1.83 bits per heavy atom. The molecule has 1 fully saturated rings. The van der Waals surface area contributed by atoms with Gasteiger partial charge in [-0.15, -0.1) is 0 Å². The van der Waals surface area contributed by atoms with Gasteiger partial charge in [0.05, 0.1) is 6.42 Å². The Kier molecular flexibility index (Phi) is 9.51. The van der Waals surface area contributed by atoms with Crippen molar-refractivity contribution in [3.8, 4) is 11.8 Å². The van der Waals surface area contributed by atoms with E-state index in [4.69, 9.17) is 0 Å². The number of nitrogens with zero attached hydrogens (tertiary/aromatic N) is 1. The summed E-state index contributed by atoms with van der Waals surface area (Å²) in [6, 6.07) is 16.8. The van der Waals surface area contributed by atoms with Gasteiger partial charge in [-0.25, -0.2) is 4.39 Å². The summed E-state index contributed by atoms with van der Waals surface area (Å²) >= 11 is 0. The highest BCUT2D eigenvalue weighted by Crippen LogP contribution is 2.44. The third-order valence-electron chi connectivity index (χ3n) is 8.87. The lowest BCUT2D eigenvalue weighted by Crippen LogP contribution is -2.52. The van der Waals surface area contributed by atoms with Crippen molar-refractivity contribution < 1.29 is 27.8 Å². The van der Waals surface area contributed by atoms with Crippen LogP contribution in [-0.4, -0.2) is 51.6 Å². The summed E-state index contributed by atoms with van der Waals surface area (Å²) < 4.78 is 26.1. The molecule has 1 aliphatic carbocycles. The summed E-state index contributed by atoms with van der Waals surface area (Å²) in [4.78, 5) is 51.9. The van der Waals surface area contributed by atoms with Crippen molar-refractivity contribution in [2.24, 2.45) is 0 Å². The molecule has 2 heterocycles. The van der Waals surface area contributed by atoms with Gasteiger partial charge < -0.3 is 10.2 Å². The van der Waals surface area contributed by atoms with Crippen molar-refractivity contribution >= 4 is 51.7 Å². The second-order valence-electron chi connectivity index (χ2n) is 12.1. The Morgan fingerprint density at radius 3 is 2.58 bits per heavy atom. The minimum atomic E-state index is -1.07. The summed E-state index contributed by atoms with van der Waals surface area (Å²) in [5.74, 6) is 4.74. The molecule has 2 atom stereocenters. The van der Waals surface area contributed by atoms with E-state index < -0.39 is 22.7 Å². The number of fused-ring (bicyclic) bond motifs is 2. The number of hydrogen-bond acceptors (Lipinski definition) is 5. The molecule has 2 unspecified atom stereocenters. The van der Waals surface area contributed by atoms with E-state index in [1.165, 1.54) is 17.0 Å². The van der Waals surface area contributed by atoms with Gasteiger partial charge in [0, 0.05) is 59.0 Å². The average molecular weight is 664 g/mol. The van der Waals surface area contributed by atoms with Gasteiger partial charge in [0.15, 0.2) is 0 Å². The molecule has 4 amide bonds. The normalized spacial score (nSPS) is 18.3. The van der Waals surface area contributed by atoms with Crippen LogP contribution in [0.2, 0.25) is 0 Å². The first-order valence-electron chi connectivity index (χ1n) is 15.8. The predicted octanol–water partition coefficient (Wildman–Crippen LogP) is 4.99. The first-order valence-corrected chi connectivity index (χ1v) is 17.3. The third-order valence-corrected chi connectivity index (χ3v) is 9.81. The highest BCUT2D eigenvalue weighted by atomic mass is 32.2. The number of nitrogens with one attached hydrogen (secondary N) is 2. The molecule has 0 saturated carbocycles. The quantitative estimate of drug-likeness (QED) is 0.201. The number of amides is 4. The molecule has 0 radical (unpaired) electrons. The molecule has 3 aromatic carbocycles. The summed E-state index contributed by atoms with van der Waals surface area (Å²) in [5.41, 5.74) is 7.21. The molecule has 3 aliphatic rings. The number of carbonyl (C=O) groups is 4. The van der Waals surface area contributed by atoms with Gasteiger partial charge in [-0.1, -0.05) is 30.0 Å². The zero-order valence-corrected chi connectivity index (χ0v) is 27.5. The third kappa shape index (κ3) is 6.92. The number of halogens is 1. The number of imide groups is 1. The zero-order valence-electron chi connectivity index (χ0n) is 26.7. The fraction of sp³-hybridized carbons (Fsp3) is 0.263. The topological polar surface area (TPSA) is 113 Å². The van der Waals surface area contributed by atoms with Gasteiger partial charge in [0.1, 0.15) is 11.9 Å². The van der Waals surface area contributed by atoms with Crippen LogP contribution in [0.3, 0.4) is 0 Å². The number of piperidine rings is 1. The average Bonchev–Trinajstić information content (AvgIpc) is 3.51. The minimum absolute atomic E-state index is 0.114. The molecule has 6 rings (SSSR count). The summed E-state index contributed by atoms with van der Waals surface area (Å²) in [5, 5.41) is 5.27. The van der Waals surface area contributed by atoms with Crippen LogP contribution in [0.5, 0.6) is 0 Å². The zero-order chi connectivity index (χ0) is 33.9. The van der Waals surface area contributed by atoms with E-state index in [0.29, 0.717) is 43.5 Å². The Hall–Kier alpha value is -5.14. The second-order valence-corrected chi connectivity index (χ2v) is 13.5. The van der Waals surface area contributed by atoms with Crippen molar-refractivity contribution in [1.82, 2.24) is 15.5 Å². The van der Waals surface area contributed by atoms with Crippen LogP contribution in [0, 0.1) is 17.7 Å². The number of allylic oxidation sites excluding steroid dienone is 2. The van der Waals surface area contributed by atoms with Crippen molar-refractivity contribution in [3.63, 3.8) is 0 Å². The van der Waals surface area contributed by atoms with Crippen LogP contribution >= 0.6 is 0 Å². The largest absolute Gasteiger partial charge is 0.356 e. The van der Waals surface area contributed by atoms with E-state index in [1.807, 2.05) is 43.3 Å². The van der Waals surface area contributed by atoms with E-state index in [9.17, 15) is 27.8 Å².